The molecule has 22 heavy (non-hydrogen) atoms. The molecule has 0 aromatic heterocycles. The molecule has 0 saturated carbocycles. The molecule has 0 unspecified atom stereocenters. The van der Waals surface area contributed by atoms with Gasteiger partial charge in [0.1, 0.15) is 5.75 Å². The molecule has 0 saturated heterocycles. The maximum Gasteiger partial charge on any atom is 0.265 e. The number of nitrogens with one attached hydrogen (secondary N) is 1. The Balaban J connectivity index is 1.69. The van der Waals surface area contributed by atoms with Gasteiger partial charge in [0.15, 0.2) is 6.10 Å². The van der Waals surface area contributed by atoms with Gasteiger partial charge in [-0.2, -0.15) is 0 Å². The molecular weight excluding hydrogens is 274 g/mol. The highest BCUT2D eigenvalue weighted by atomic mass is 16.5. The molecule has 110 valence electrons. The van der Waals surface area contributed by atoms with Crippen LogP contribution in [0.1, 0.15) is 6.92 Å². The second kappa shape index (κ2) is 6.31. The van der Waals surface area contributed by atoms with Crippen LogP contribution in [0.5, 0.6) is 5.75 Å². The summed E-state index contributed by atoms with van der Waals surface area (Å²) in [6.45, 7) is 1.74. The van der Waals surface area contributed by atoms with Crippen LogP contribution < -0.4 is 10.1 Å². The van der Waals surface area contributed by atoms with Crippen LogP contribution in [0.2, 0.25) is 0 Å². The quantitative estimate of drug-likeness (QED) is 0.780. The Morgan fingerprint density at radius 3 is 2.36 bits per heavy atom. The number of amides is 1. The van der Waals surface area contributed by atoms with Crippen molar-refractivity contribution in [3.8, 4) is 5.75 Å². The summed E-state index contributed by atoms with van der Waals surface area (Å²) in [5, 5.41) is 5.13. The second-order valence-corrected chi connectivity index (χ2v) is 5.12. The van der Waals surface area contributed by atoms with Crippen LogP contribution in [0.25, 0.3) is 10.8 Å². The molecule has 1 amide bonds. The Labute approximate surface area is 129 Å². The Bertz CT molecular complexity index is 784. The molecule has 3 aromatic rings. The largest absolute Gasteiger partial charge is 0.481 e. The molecule has 3 rings (SSSR count). The van der Waals surface area contributed by atoms with E-state index in [-0.39, 0.29) is 5.91 Å². The monoisotopic (exact) mass is 291 g/mol. The average molecular weight is 291 g/mol. The maximum absolute atomic E-state index is 12.2. The fourth-order valence-corrected chi connectivity index (χ4v) is 2.27. The van der Waals surface area contributed by atoms with Crippen LogP contribution in [-0.4, -0.2) is 12.0 Å². The van der Waals surface area contributed by atoms with E-state index in [9.17, 15) is 4.79 Å². The van der Waals surface area contributed by atoms with Crippen molar-refractivity contribution in [2.24, 2.45) is 0 Å². The van der Waals surface area contributed by atoms with Gasteiger partial charge in [-0.25, -0.2) is 0 Å². The number of carbonyl (C=O) groups is 1. The summed E-state index contributed by atoms with van der Waals surface area (Å²) < 4.78 is 5.62. The number of anilines is 1. The second-order valence-electron chi connectivity index (χ2n) is 5.12. The van der Waals surface area contributed by atoms with E-state index in [2.05, 4.69) is 5.32 Å². The number of benzene rings is 3. The summed E-state index contributed by atoms with van der Waals surface area (Å²) in [4.78, 5) is 12.2. The third-order valence-electron chi connectivity index (χ3n) is 3.44. The molecule has 1 N–H and O–H groups in total. The van der Waals surface area contributed by atoms with Gasteiger partial charge in [0.25, 0.3) is 5.91 Å². The number of carbonyl (C=O) groups excluding carboxylic acids is 1. The van der Waals surface area contributed by atoms with E-state index in [1.807, 2.05) is 72.8 Å². The Morgan fingerprint density at radius 2 is 1.59 bits per heavy atom. The van der Waals surface area contributed by atoms with Crippen LogP contribution in [0.4, 0.5) is 5.69 Å². The Morgan fingerprint density at radius 1 is 0.909 bits per heavy atom. The smallest absolute Gasteiger partial charge is 0.265 e. The van der Waals surface area contributed by atoms with Gasteiger partial charge in [-0.15, -0.1) is 0 Å². The number of hydrogen-bond donors (Lipinski definition) is 1. The molecule has 0 heterocycles. The minimum atomic E-state index is -0.561. The molecule has 0 bridgehead atoms. The SMILES string of the molecule is C[C@@H](Oc1ccccc1)C(=O)Nc1ccc2ccccc2c1. The first-order valence-corrected chi connectivity index (χ1v) is 7.24. The van der Waals surface area contributed by atoms with Crippen molar-refractivity contribution >= 4 is 22.4 Å². The molecule has 0 fully saturated rings. The van der Waals surface area contributed by atoms with Gasteiger partial charge in [-0.3, -0.25) is 4.79 Å². The molecule has 1 atom stereocenters. The summed E-state index contributed by atoms with van der Waals surface area (Å²) in [6, 6.07) is 23.2. The lowest BCUT2D eigenvalue weighted by molar-refractivity contribution is -0.122. The summed E-state index contributed by atoms with van der Waals surface area (Å²) in [7, 11) is 0. The average Bonchev–Trinajstić information content (AvgIpc) is 2.55. The van der Waals surface area contributed by atoms with Crippen molar-refractivity contribution < 1.29 is 9.53 Å². The van der Waals surface area contributed by atoms with Crippen LogP contribution in [0, 0.1) is 0 Å². The van der Waals surface area contributed by atoms with Gasteiger partial charge in [0.05, 0.1) is 0 Å². The van der Waals surface area contributed by atoms with Crippen LogP contribution >= 0.6 is 0 Å². The predicted molar refractivity (Wildman–Crippen MR) is 89.1 cm³/mol. The number of fused-ring (bicyclic) bond motifs is 1. The molecule has 0 aliphatic rings. The van der Waals surface area contributed by atoms with E-state index >= 15 is 0 Å². The van der Waals surface area contributed by atoms with Crippen molar-refractivity contribution in [3.63, 3.8) is 0 Å². The van der Waals surface area contributed by atoms with E-state index in [1.54, 1.807) is 6.92 Å². The first-order valence-electron chi connectivity index (χ1n) is 7.24. The fraction of sp³-hybridized carbons (Fsp3) is 0.105. The lowest BCUT2D eigenvalue weighted by Gasteiger charge is -2.15. The van der Waals surface area contributed by atoms with Crippen molar-refractivity contribution in [1.82, 2.24) is 0 Å². The zero-order chi connectivity index (χ0) is 15.4. The lowest BCUT2D eigenvalue weighted by Crippen LogP contribution is -2.30. The minimum Gasteiger partial charge on any atom is -0.481 e. The highest BCUT2D eigenvalue weighted by molar-refractivity contribution is 5.96. The number of para-hydroxylation sites is 1. The summed E-state index contributed by atoms with van der Waals surface area (Å²) in [6.07, 6.45) is -0.561. The molecule has 3 heteroatoms. The summed E-state index contributed by atoms with van der Waals surface area (Å²) in [5.41, 5.74) is 0.771. The number of rotatable bonds is 4. The predicted octanol–water partition coefficient (Wildman–Crippen LogP) is 4.25. The zero-order valence-corrected chi connectivity index (χ0v) is 12.3. The zero-order valence-electron chi connectivity index (χ0n) is 12.3. The van der Waals surface area contributed by atoms with Gasteiger partial charge in [-0.05, 0) is 42.0 Å². The van der Waals surface area contributed by atoms with Crippen molar-refractivity contribution in [3.05, 3.63) is 72.8 Å². The molecule has 0 radical (unpaired) electrons. The Hall–Kier alpha value is -2.81. The van der Waals surface area contributed by atoms with Crippen molar-refractivity contribution in [2.75, 3.05) is 5.32 Å². The molecule has 3 nitrogen and oxygen atoms in total. The maximum atomic E-state index is 12.2. The van der Waals surface area contributed by atoms with Gasteiger partial charge in [0, 0.05) is 5.69 Å². The van der Waals surface area contributed by atoms with Crippen LogP contribution in [0.3, 0.4) is 0 Å². The number of hydrogen-bond acceptors (Lipinski definition) is 2. The van der Waals surface area contributed by atoms with Crippen molar-refractivity contribution in [2.45, 2.75) is 13.0 Å². The third-order valence-corrected chi connectivity index (χ3v) is 3.44. The molecular formula is C19H17NO2. The highest BCUT2D eigenvalue weighted by Gasteiger charge is 2.14. The van der Waals surface area contributed by atoms with E-state index < -0.39 is 6.10 Å². The van der Waals surface area contributed by atoms with Gasteiger partial charge in [0.2, 0.25) is 0 Å². The van der Waals surface area contributed by atoms with E-state index in [1.165, 1.54) is 0 Å². The van der Waals surface area contributed by atoms with Crippen LogP contribution in [-0.2, 0) is 4.79 Å². The van der Waals surface area contributed by atoms with E-state index in [0.717, 1.165) is 16.5 Å². The topological polar surface area (TPSA) is 38.3 Å². The van der Waals surface area contributed by atoms with Gasteiger partial charge < -0.3 is 10.1 Å². The van der Waals surface area contributed by atoms with Gasteiger partial charge >= 0.3 is 0 Å². The standard InChI is InChI=1S/C19H17NO2/c1-14(22-18-9-3-2-4-10-18)19(21)20-17-12-11-15-7-5-6-8-16(15)13-17/h2-14H,1H3,(H,20,21)/t14-/m1/s1. The first-order chi connectivity index (χ1) is 10.7. The van der Waals surface area contributed by atoms with Crippen LogP contribution in [0.15, 0.2) is 72.8 Å². The molecule has 0 aliphatic heterocycles. The molecule has 3 aromatic carbocycles. The summed E-state index contributed by atoms with van der Waals surface area (Å²) >= 11 is 0. The fourth-order valence-electron chi connectivity index (χ4n) is 2.27. The lowest BCUT2D eigenvalue weighted by atomic mass is 10.1. The summed E-state index contributed by atoms with van der Waals surface area (Å²) in [5.74, 6) is 0.516. The first kappa shape index (κ1) is 14.1. The normalized spacial score (nSPS) is 11.9. The third kappa shape index (κ3) is 3.26. The molecule has 0 spiro atoms. The van der Waals surface area contributed by atoms with Gasteiger partial charge in [-0.1, -0.05) is 48.5 Å². The highest BCUT2D eigenvalue weighted by Crippen LogP contribution is 2.19. The molecule has 0 aliphatic carbocycles. The van der Waals surface area contributed by atoms with E-state index in [0.29, 0.717) is 5.75 Å². The Kier molecular flexibility index (Phi) is 4.05. The number of ether oxygens (including phenoxy) is 1. The van der Waals surface area contributed by atoms with E-state index in [4.69, 9.17) is 4.74 Å². The minimum absolute atomic E-state index is 0.167. The van der Waals surface area contributed by atoms with Crippen molar-refractivity contribution in [1.29, 1.82) is 0 Å².